The van der Waals surface area contributed by atoms with Crippen molar-refractivity contribution in [1.82, 2.24) is 20.4 Å². The molecule has 1 atom stereocenters. The molecule has 2 aromatic rings. The molecule has 0 aliphatic carbocycles. The van der Waals surface area contributed by atoms with Crippen LogP contribution >= 0.6 is 23.4 Å². The maximum Gasteiger partial charge on any atom is 0.0778 e. The van der Waals surface area contributed by atoms with Crippen molar-refractivity contribution < 1.29 is 0 Å². The van der Waals surface area contributed by atoms with E-state index >= 15 is 0 Å². The van der Waals surface area contributed by atoms with E-state index < -0.39 is 0 Å². The smallest absolute Gasteiger partial charge is 0.0778 e. The zero-order valence-corrected chi connectivity index (χ0v) is 12.2. The number of aromatic nitrogens is 3. The van der Waals surface area contributed by atoms with Gasteiger partial charge in [-0.05, 0) is 19.1 Å². The first kappa shape index (κ1) is 14.3. The summed E-state index contributed by atoms with van der Waals surface area (Å²) < 4.78 is 1.83. The molecule has 0 spiro atoms. The number of hydrazine groups is 1. The maximum absolute atomic E-state index is 6.13. The van der Waals surface area contributed by atoms with Gasteiger partial charge in [0, 0.05) is 17.2 Å². The lowest BCUT2D eigenvalue weighted by atomic mass is 10.2. The summed E-state index contributed by atoms with van der Waals surface area (Å²) in [6.07, 6.45) is 1.74. The highest BCUT2D eigenvalue weighted by atomic mass is 35.5. The predicted octanol–water partition coefficient (Wildman–Crippen LogP) is 2.25. The van der Waals surface area contributed by atoms with Crippen LogP contribution < -0.4 is 11.3 Å². The van der Waals surface area contributed by atoms with Gasteiger partial charge < -0.3 is 0 Å². The highest BCUT2D eigenvalue weighted by Crippen LogP contribution is 2.29. The Kier molecular flexibility index (Phi) is 5.21. The van der Waals surface area contributed by atoms with E-state index in [4.69, 9.17) is 17.4 Å². The van der Waals surface area contributed by atoms with Crippen molar-refractivity contribution in [3.05, 3.63) is 41.2 Å². The number of hydrogen-bond donors (Lipinski definition) is 2. The summed E-state index contributed by atoms with van der Waals surface area (Å²) in [5, 5.41) is 8.68. The van der Waals surface area contributed by atoms with Crippen LogP contribution in [0.3, 0.4) is 0 Å². The van der Waals surface area contributed by atoms with Gasteiger partial charge >= 0.3 is 0 Å². The fourth-order valence-electron chi connectivity index (χ4n) is 1.74. The lowest BCUT2D eigenvalue weighted by Crippen LogP contribution is -2.31. The van der Waals surface area contributed by atoms with Crippen LogP contribution in [0, 0.1) is 0 Å². The Balaban J connectivity index is 2.06. The van der Waals surface area contributed by atoms with E-state index in [0.29, 0.717) is 0 Å². The number of nitrogens with zero attached hydrogens (tertiary/aromatic N) is 3. The molecule has 0 saturated carbocycles. The van der Waals surface area contributed by atoms with Crippen LogP contribution in [0.2, 0.25) is 5.02 Å². The van der Waals surface area contributed by atoms with Gasteiger partial charge in [0.1, 0.15) is 0 Å². The van der Waals surface area contributed by atoms with Gasteiger partial charge in [0.05, 0.1) is 23.0 Å². The molecule has 19 heavy (non-hydrogen) atoms. The summed E-state index contributed by atoms with van der Waals surface area (Å²) in [5.41, 5.74) is 3.78. The molecule has 2 rings (SSSR count). The number of rotatable bonds is 6. The molecule has 0 fully saturated rings. The van der Waals surface area contributed by atoms with Gasteiger partial charge in [-0.3, -0.25) is 11.3 Å². The molecule has 1 aromatic heterocycles. The fourth-order valence-corrected chi connectivity index (χ4v) is 3.03. The van der Waals surface area contributed by atoms with Crippen LogP contribution in [0.4, 0.5) is 0 Å². The number of benzene rings is 1. The summed E-state index contributed by atoms with van der Waals surface area (Å²) >= 11 is 7.79. The van der Waals surface area contributed by atoms with Gasteiger partial charge in [-0.25, -0.2) is 4.68 Å². The third kappa shape index (κ3) is 3.48. The molecular weight excluding hydrogens is 282 g/mol. The van der Waals surface area contributed by atoms with E-state index in [1.165, 1.54) is 0 Å². The van der Waals surface area contributed by atoms with Crippen LogP contribution in [0.25, 0.3) is 0 Å². The standard InChI is InChI=1S/C12H16ClN5S/c1-2-18-11(7-15-17-18)10(16-14)8-19-12-6-4-3-5-9(12)13/h3-7,10,16H,2,8,14H2,1H3. The summed E-state index contributed by atoms with van der Waals surface area (Å²) in [6, 6.07) is 7.75. The van der Waals surface area contributed by atoms with E-state index in [0.717, 1.165) is 27.9 Å². The SMILES string of the molecule is CCn1nncc1C(CSc1ccccc1Cl)NN. The Morgan fingerprint density at radius 3 is 2.95 bits per heavy atom. The van der Waals surface area contributed by atoms with Gasteiger partial charge in [-0.15, -0.1) is 16.9 Å². The summed E-state index contributed by atoms with van der Waals surface area (Å²) in [5.74, 6) is 6.38. The van der Waals surface area contributed by atoms with Crippen molar-refractivity contribution in [3.8, 4) is 0 Å². The molecule has 1 heterocycles. The van der Waals surface area contributed by atoms with Crippen molar-refractivity contribution >= 4 is 23.4 Å². The van der Waals surface area contributed by atoms with Crippen molar-refractivity contribution in [2.24, 2.45) is 5.84 Å². The molecule has 0 amide bonds. The van der Waals surface area contributed by atoms with Crippen LogP contribution in [0.1, 0.15) is 18.7 Å². The van der Waals surface area contributed by atoms with Gasteiger partial charge in [0.25, 0.3) is 0 Å². The summed E-state index contributed by atoms with van der Waals surface area (Å²) in [4.78, 5) is 1.04. The fraction of sp³-hybridized carbons (Fsp3) is 0.333. The van der Waals surface area contributed by atoms with E-state index in [1.54, 1.807) is 18.0 Å². The van der Waals surface area contributed by atoms with Crippen molar-refractivity contribution in [2.45, 2.75) is 24.4 Å². The van der Waals surface area contributed by atoms with Gasteiger partial charge in [0.2, 0.25) is 0 Å². The molecule has 7 heteroatoms. The Morgan fingerprint density at radius 2 is 2.26 bits per heavy atom. The number of nitrogens with two attached hydrogens (primary N) is 1. The minimum atomic E-state index is -0.0174. The second-order valence-electron chi connectivity index (χ2n) is 3.94. The first-order valence-electron chi connectivity index (χ1n) is 5.98. The van der Waals surface area contributed by atoms with E-state index in [1.807, 2.05) is 35.9 Å². The lowest BCUT2D eigenvalue weighted by molar-refractivity contribution is 0.521. The normalized spacial score (nSPS) is 12.6. The second kappa shape index (κ2) is 6.91. The largest absolute Gasteiger partial charge is 0.271 e. The molecule has 102 valence electrons. The molecule has 3 N–H and O–H groups in total. The number of halogens is 1. The third-order valence-electron chi connectivity index (χ3n) is 2.75. The molecule has 0 aliphatic rings. The van der Waals surface area contributed by atoms with Crippen LogP contribution in [-0.2, 0) is 6.54 Å². The van der Waals surface area contributed by atoms with Gasteiger partial charge in [-0.1, -0.05) is 28.9 Å². The first-order chi connectivity index (χ1) is 9.26. The van der Waals surface area contributed by atoms with Crippen LogP contribution in [0.15, 0.2) is 35.4 Å². The molecule has 1 unspecified atom stereocenters. The van der Waals surface area contributed by atoms with Crippen molar-refractivity contribution in [1.29, 1.82) is 0 Å². The first-order valence-corrected chi connectivity index (χ1v) is 7.34. The quantitative estimate of drug-likeness (QED) is 0.486. The summed E-state index contributed by atoms with van der Waals surface area (Å²) in [6.45, 7) is 2.79. The van der Waals surface area contributed by atoms with E-state index in [-0.39, 0.29) is 6.04 Å². The molecule has 0 radical (unpaired) electrons. The lowest BCUT2D eigenvalue weighted by Gasteiger charge is -2.16. The Labute approximate surface area is 121 Å². The minimum absolute atomic E-state index is 0.0174. The maximum atomic E-state index is 6.13. The predicted molar refractivity (Wildman–Crippen MR) is 77.9 cm³/mol. The van der Waals surface area contributed by atoms with Crippen molar-refractivity contribution in [2.75, 3.05) is 5.75 Å². The Hall–Kier alpha value is -1.08. The van der Waals surface area contributed by atoms with Gasteiger partial charge in [0.15, 0.2) is 0 Å². The third-order valence-corrected chi connectivity index (χ3v) is 4.36. The van der Waals surface area contributed by atoms with Crippen LogP contribution in [-0.4, -0.2) is 20.7 Å². The molecular formula is C12H16ClN5S. The molecule has 1 aromatic carbocycles. The second-order valence-corrected chi connectivity index (χ2v) is 5.40. The Morgan fingerprint density at radius 1 is 1.47 bits per heavy atom. The highest BCUT2D eigenvalue weighted by Gasteiger charge is 2.16. The molecule has 5 nitrogen and oxygen atoms in total. The zero-order valence-electron chi connectivity index (χ0n) is 10.6. The van der Waals surface area contributed by atoms with Crippen molar-refractivity contribution in [3.63, 3.8) is 0 Å². The minimum Gasteiger partial charge on any atom is -0.271 e. The van der Waals surface area contributed by atoms with E-state index in [2.05, 4.69) is 15.7 Å². The monoisotopic (exact) mass is 297 g/mol. The zero-order chi connectivity index (χ0) is 13.7. The van der Waals surface area contributed by atoms with Crippen LogP contribution in [0.5, 0.6) is 0 Å². The number of nitrogens with one attached hydrogen (secondary N) is 1. The number of aryl methyl sites for hydroxylation is 1. The number of thioether (sulfide) groups is 1. The highest BCUT2D eigenvalue weighted by molar-refractivity contribution is 7.99. The molecule has 0 bridgehead atoms. The molecule has 0 saturated heterocycles. The number of hydrogen-bond acceptors (Lipinski definition) is 5. The molecule has 0 aliphatic heterocycles. The average Bonchev–Trinajstić information content (AvgIpc) is 2.90. The van der Waals surface area contributed by atoms with Gasteiger partial charge in [-0.2, -0.15) is 0 Å². The topological polar surface area (TPSA) is 68.8 Å². The summed E-state index contributed by atoms with van der Waals surface area (Å²) in [7, 11) is 0. The average molecular weight is 298 g/mol. The van der Waals surface area contributed by atoms with E-state index in [9.17, 15) is 0 Å². The Bertz CT molecular complexity index is 530.